The molecule has 1 rings (SSSR count). The quantitative estimate of drug-likeness (QED) is 0.767. The predicted molar refractivity (Wildman–Crippen MR) is 58.9 cm³/mol. The van der Waals surface area contributed by atoms with Gasteiger partial charge in [0, 0.05) is 12.3 Å². The molecule has 0 bridgehead atoms. The van der Waals surface area contributed by atoms with E-state index in [1.54, 1.807) is 6.92 Å². The molecule has 1 fully saturated rings. The molecule has 0 aromatic rings. The van der Waals surface area contributed by atoms with Crippen molar-refractivity contribution in [2.24, 2.45) is 17.6 Å². The van der Waals surface area contributed by atoms with Crippen molar-refractivity contribution in [2.75, 3.05) is 0 Å². The van der Waals surface area contributed by atoms with Gasteiger partial charge in [0.2, 0.25) is 0 Å². The second-order valence-corrected chi connectivity index (χ2v) is 4.26. The van der Waals surface area contributed by atoms with Crippen LogP contribution in [0.15, 0.2) is 0 Å². The number of hydrogen-bond acceptors (Lipinski definition) is 2. The maximum absolute atomic E-state index is 13.6. The zero-order chi connectivity index (χ0) is 11.6. The summed E-state index contributed by atoms with van der Waals surface area (Å²) < 4.78 is 27.3. The molecule has 0 aliphatic heterocycles. The van der Waals surface area contributed by atoms with Crippen molar-refractivity contribution in [1.29, 1.82) is 0 Å². The summed E-state index contributed by atoms with van der Waals surface area (Å²) in [7, 11) is 0. The van der Waals surface area contributed by atoms with Crippen LogP contribution in [0.5, 0.6) is 0 Å². The van der Waals surface area contributed by atoms with Gasteiger partial charge < -0.3 is 10.8 Å². The van der Waals surface area contributed by atoms with E-state index in [2.05, 4.69) is 0 Å². The van der Waals surface area contributed by atoms with Crippen LogP contribution in [-0.4, -0.2) is 23.0 Å². The van der Waals surface area contributed by atoms with Gasteiger partial charge in [-0.25, -0.2) is 8.78 Å². The van der Waals surface area contributed by atoms with E-state index in [-0.39, 0.29) is 18.3 Å². The van der Waals surface area contributed by atoms with Crippen molar-refractivity contribution in [3.05, 3.63) is 0 Å². The van der Waals surface area contributed by atoms with Gasteiger partial charge in [-0.2, -0.15) is 0 Å². The molecule has 1 aliphatic rings. The SMILES string of the molecule is CCC(C1CC1)C(F)(F)CC(N)C(=O)O.Cl. The molecule has 96 valence electrons. The Kier molecular flexibility index (Phi) is 5.62. The van der Waals surface area contributed by atoms with E-state index < -0.39 is 30.3 Å². The van der Waals surface area contributed by atoms with Crippen molar-refractivity contribution in [1.82, 2.24) is 0 Å². The largest absolute Gasteiger partial charge is 0.480 e. The zero-order valence-corrected chi connectivity index (χ0v) is 9.97. The standard InChI is InChI=1S/C10H17F2NO2.ClH/c1-2-7(6-3-4-6)10(11,12)5-8(13)9(14)15;/h6-8H,2-5,13H2,1H3,(H,14,15);1H. The molecule has 3 N–H and O–H groups in total. The van der Waals surface area contributed by atoms with Crippen LogP contribution in [0.25, 0.3) is 0 Å². The molecular formula is C10H18ClF2NO2. The van der Waals surface area contributed by atoms with Crippen LogP contribution in [0, 0.1) is 11.8 Å². The molecule has 0 aromatic carbocycles. The normalized spacial score (nSPS) is 19.8. The molecule has 2 unspecified atom stereocenters. The molecule has 2 atom stereocenters. The third kappa shape index (κ3) is 3.87. The summed E-state index contributed by atoms with van der Waals surface area (Å²) >= 11 is 0. The smallest absolute Gasteiger partial charge is 0.320 e. The Morgan fingerprint density at radius 2 is 2.06 bits per heavy atom. The van der Waals surface area contributed by atoms with Crippen molar-refractivity contribution in [3.8, 4) is 0 Å². The van der Waals surface area contributed by atoms with Crippen LogP contribution in [0.3, 0.4) is 0 Å². The maximum Gasteiger partial charge on any atom is 0.320 e. The molecule has 6 heteroatoms. The van der Waals surface area contributed by atoms with E-state index in [9.17, 15) is 13.6 Å². The Morgan fingerprint density at radius 1 is 1.56 bits per heavy atom. The van der Waals surface area contributed by atoms with E-state index >= 15 is 0 Å². The number of hydrogen-bond donors (Lipinski definition) is 2. The van der Waals surface area contributed by atoms with Crippen molar-refractivity contribution in [3.63, 3.8) is 0 Å². The second kappa shape index (κ2) is 5.77. The average Bonchev–Trinajstić information content (AvgIpc) is 2.87. The lowest BCUT2D eigenvalue weighted by Crippen LogP contribution is -2.41. The number of halogens is 3. The summed E-state index contributed by atoms with van der Waals surface area (Å²) in [6, 6.07) is -1.47. The third-order valence-corrected chi connectivity index (χ3v) is 2.98. The van der Waals surface area contributed by atoms with E-state index in [4.69, 9.17) is 10.8 Å². The fourth-order valence-corrected chi connectivity index (χ4v) is 2.01. The second-order valence-electron chi connectivity index (χ2n) is 4.26. The molecule has 3 nitrogen and oxygen atoms in total. The lowest BCUT2D eigenvalue weighted by molar-refractivity contribution is -0.143. The number of nitrogens with two attached hydrogens (primary N) is 1. The Balaban J connectivity index is 0.00000225. The average molecular weight is 258 g/mol. The van der Waals surface area contributed by atoms with Gasteiger partial charge in [-0.1, -0.05) is 6.92 Å². The van der Waals surface area contributed by atoms with Crippen LogP contribution in [0.1, 0.15) is 32.6 Å². The summed E-state index contributed by atoms with van der Waals surface area (Å²) in [5.41, 5.74) is 5.14. The molecule has 0 heterocycles. The highest BCUT2D eigenvalue weighted by molar-refractivity contribution is 5.85. The molecular weight excluding hydrogens is 240 g/mol. The summed E-state index contributed by atoms with van der Waals surface area (Å²) in [5, 5.41) is 8.50. The first kappa shape index (κ1) is 15.6. The van der Waals surface area contributed by atoms with E-state index in [0.717, 1.165) is 12.8 Å². The van der Waals surface area contributed by atoms with Gasteiger partial charge in [-0.05, 0) is 25.2 Å². The Bertz CT molecular complexity index is 247. The first-order chi connectivity index (χ1) is 6.88. The van der Waals surface area contributed by atoms with E-state index in [0.29, 0.717) is 6.42 Å². The Labute approximate surface area is 99.8 Å². The van der Waals surface area contributed by atoms with Crippen LogP contribution in [-0.2, 0) is 4.79 Å². The van der Waals surface area contributed by atoms with Gasteiger partial charge in [0.15, 0.2) is 0 Å². The Hall–Kier alpha value is -0.420. The fourth-order valence-electron chi connectivity index (χ4n) is 2.01. The number of rotatable bonds is 6. The minimum atomic E-state index is -2.95. The lowest BCUT2D eigenvalue weighted by Gasteiger charge is -2.27. The number of carbonyl (C=O) groups is 1. The molecule has 0 aromatic heterocycles. The maximum atomic E-state index is 13.6. The predicted octanol–water partition coefficient (Wildman–Crippen LogP) is 2.28. The summed E-state index contributed by atoms with van der Waals surface area (Å²) in [4.78, 5) is 10.4. The first-order valence-electron chi connectivity index (χ1n) is 5.24. The minimum absolute atomic E-state index is 0. The molecule has 0 radical (unpaired) electrons. The third-order valence-electron chi connectivity index (χ3n) is 2.98. The van der Waals surface area contributed by atoms with Gasteiger partial charge in [-0.3, -0.25) is 4.79 Å². The van der Waals surface area contributed by atoms with Crippen LogP contribution in [0.2, 0.25) is 0 Å². The van der Waals surface area contributed by atoms with Crippen LogP contribution < -0.4 is 5.73 Å². The van der Waals surface area contributed by atoms with Gasteiger partial charge in [0.25, 0.3) is 5.92 Å². The molecule has 0 saturated heterocycles. The van der Waals surface area contributed by atoms with Gasteiger partial charge >= 0.3 is 5.97 Å². The van der Waals surface area contributed by atoms with Crippen molar-refractivity contribution in [2.45, 2.75) is 44.6 Å². The van der Waals surface area contributed by atoms with Gasteiger partial charge in [0.1, 0.15) is 6.04 Å². The molecule has 0 amide bonds. The van der Waals surface area contributed by atoms with Crippen LogP contribution in [0.4, 0.5) is 8.78 Å². The number of carboxylic acids is 1. The molecule has 1 saturated carbocycles. The molecule has 16 heavy (non-hydrogen) atoms. The summed E-state index contributed by atoms with van der Waals surface area (Å²) in [6.45, 7) is 1.71. The first-order valence-corrected chi connectivity index (χ1v) is 5.24. The zero-order valence-electron chi connectivity index (χ0n) is 9.16. The highest BCUT2D eigenvalue weighted by Gasteiger charge is 2.48. The number of carboxylic acid groups (broad SMARTS) is 1. The van der Waals surface area contributed by atoms with Crippen molar-refractivity contribution >= 4 is 18.4 Å². The summed E-state index contributed by atoms with van der Waals surface area (Å²) in [6.07, 6.45) is 1.29. The monoisotopic (exact) mass is 257 g/mol. The van der Waals surface area contributed by atoms with Gasteiger partial charge in [-0.15, -0.1) is 12.4 Å². The number of aliphatic carboxylic acids is 1. The highest BCUT2D eigenvalue weighted by Crippen LogP contribution is 2.47. The van der Waals surface area contributed by atoms with Crippen LogP contribution >= 0.6 is 12.4 Å². The minimum Gasteiger partial charge on any atom is -0.480 e. The fraction of sp³-hybridized carbons (Fsp3) is 0.900. The van der Waals surface area contributed by atoms with E-state index in [1.165, 1.54) is 0 Å². The Morgan fingerprint density at radius 3 is 2.38 bits per heavy atom. The topological polar surface area (TPSA) is 63.3 Å². The lowest BCUT2D eigenvalue weighted by atomic mass is 9.89. The van der Waals surface area contributed by atoms with E-state index in [1.807, 2.05) is 0 Å². The summed E-state index contributed by atoms with van der Waals surface area (Å²) in [5.74, 6) is -4.96. The highest BCUT2D eigenvalue weighted by atomic mass is 35.5. The molecule has 1 aliphatic carbocycles. The van der Waals surface area contributed by atoms with Crippen molar-refractivity contribution < 1.29 is 18.7 Å². The van der Waals surface area contributed by atoms with Gasteiger partial charge in [0.05, 0.1) is 0 Å². The molecule has 0 spiro atoms. The number of alkyl halides is 2.